The van der Waals surface area contributed by atoms with E-state index in [2.05, 4.69) is 30.1 Å². The van der Waals surface area contributed by atoms with E-state index in [1.165, 1.54) is 12.7 Å². The molecular formula is C37H45N8O6P. The minimum absolute atomic E-state index is 0.0886. The maximum absolute atomic E-state index is 15.0. The maximum atomic E-state index is 15.0. The van der Waals surface area contributed by atoms with E-state index >= 15 is 4.57 Å². The molecule has 52 heavy (non-hydrogen) atoms. The molecule has 2 aromatic carbocycles. The Balaban J connectivity index is 1.42. The Bertz CT molecular complexity index is 1890. The van der Waals surface area contributed by atoms with Gasteiger partial charge in [-0.15, -0.1) is 0 Å². The van der Waals surface area contributed by atoms with E-state index in [9.17, 15) is 9.59 Å². The van der Waals surface area contributed by atoms with E-state index in [0.29, 0.717) is 23.4 Å². The summed E-state index contributed by atoms with van der Waals surface area (Å²) in [6.45, 7) is 7.37. The van der Waals surface area contributed by atoms with Gasteiger partial charge in [0, 0.05) is 36.3 Å². The average Bonchev–Trinajstić information content (AvgIpc) is 3.50. The van der Waals surface area contributed by atoms with Crippen molar-refractivity contribution in [2.45, 2.75) is 71.4 Å². The number of esters is 2. The van der Waals surface area contributed by atoms with E-state index in [1.807, 2.05) is 71.4 Å². The first-order chi connectivity index (χ1) is 25.0. The molecule has 0 fully saturated rings. The summed E-state index contributed by atoms with van der Waals surface area (Å²) in [6.07, 6.45) is 7.21. The molecule has 0 saturated carbocycles. The summed E-state index contributed by atoms with van der Waals surface area (Å²) < 4.78 is 34.2. The minimum Gasteiger partial charge on any atom is -0.462 e. The summed E-state index contributed by atoms with van der Waals surface area (Å²) >= 11 is 0. The molecule has 15 heteroatoms. The van der Waals surface area contributed by atoms with Gasteiger partial charge in [0.2, 0.25) is 7.44 Å². The zero-order chi connectivity index (χ0) is 37.1. The lowest BCUT2D eigenvalue weighted by atomic mass is 10.1. The number of nitrogen functional groups attached to an aromatic ring is 1. The molecule has 274 valence electrons. The zero-order valence-corrected chi connectivity index (χ0v) is 30.6. The molecule has 0 aliphatic carbocycles. The standard InChI is InChI=1S/C37H45N8O6P/c1-25(2)50-36(46)31(17-27-11-7-5-8-12-27)43-52(48,44-32(37(47)51-26(3)4)18-28-13-9-6-10-14-28)24-49-16-15-45-21-30(29-19-39-22-40-20-29)33-34(38)41-23-42-35(33)45/h5-14,19-23,25-26,31-32H,15-18,24H2,1-4H3,(H2,38,41,42)(H2,43,44,48)/t31-,32-/m0/s1. The monoisotopic (exact) mass is 728 g/mol. The van der Waals surface area contributed by atoms with Gasteiger partial charge >= 0.3 is 11.9 Å². The summed E-state index contributed by atoms with van der Waals surface area (Å²) in [5.41, 5.74) is 9.99. The molecule has 4 N–H and O–H groups in total. The number of ether oxygens (including phenoxy) is 3. The predicted molar refractivity (Wildman–Crippen MR) is 198 cm³/mol. The Morgan fingerprint density at radius 3 is 1.87 bits per heavy atom. The lowest BCUT2D eigenvalue weighted by molar-refractivity contribution is -0.150. The van der Waals surface area contributed by atoms with Gasteiger partial charge in [-0.25, -0.2) is 30.1 Å². The number of aromatic nitrogens is 5. The van der Waals surface area contributed by atoms with Crippen LogP contribution in [0.3, 0.4) is 0 Å². The number of hydrogen-bond acceptors (Lipinski definition) is 11. The van der Waals surface area contributed by atoms with Crippen LogP contribution in [-0.2, 0) is 47.8 Å². The maximum Gasteiger partial charge on any atom is 0.324 e. The van der Waals surface area contributed by atoms with Gasteiger partial charge in [-0.2, -0.15) is 0 Å². The molecule has 0 aliphatic heterocycles. The SMILES string of the molecule is CC(C)OC(=O)[C@H](Cc1ccccc1)NP(=O)(COCCn1cc(-c2cncnc2)c2c(N)ncnc21)N[C@@H](Cc1ccccc1)C(=O)OC(C)C. The second kappa shape index (κ2) is 18.0. The number of nitrogens with zero attached hydrogens (tertiary/aromatic N) is 5. The third-order valence-electron chi connectivity index (χ3n) is 7.87. The number of nitrogens with one attached hydrogen (secondary N) is 2. The molecular weight excluding hydrogens is 683 g/mol. The number of nitrogens with two attached hydrogens (primary N) is 1. The van der Waals surface area contributed by atoms with Crippen LogP contribution in [0.25, 0.3) is 22.2 Å². The van der Waals surface area contributed by atoms with Crippen LogP contribution in [0.2, 0.25) is 0 Å². The Kier molecular flexibility index (Phi) is 13.2. The Labute approximate surface area is 303 Å². The summed E-state index contributed by atoms with van der Waals surface area (Å²) in [6, 6.07) is 16.6. The first kappa shape index (κ1) is 38.2. The fourth-order valence-electron chi connectivity index (χ4n) is 5.64. The molecule has 0 spiro atoms. The van der Waals surface area contributed by atoms with Crippen LogP contribution in [-0.4, -0.2) is 73.7 Å². The van der Waals surface area contributed by atoms with Crippen LogP contribution in [0.1, 0.15) is 38.8 Å². The lowest BCUT2D eigenvalue weighted by Crippen LogP contribution is -2.47. The summed E-state index contributed by atoms with van der Waals surface area (Å²) in [7, 11) is -3.92. The highest BCUT2D eigenvalue weighted by Crippen LogP contribution is 2.39. The molecule has 0 radical (unpaired) electrons. The average molecular weight is 729 g/mol. The van der Waals surface area contributed by atoms with Crippen LogP contribution in [0.5, 0.6) is 0 Å². The largest absolute Gasteiger partial charge is 0.462 e. The Hall–Kier alpha value is -5.01. The first-order valence-corrected chi connectivity index (χ1v) is 19.0. The predicted octanol–water partition coefficient (Wildman–Crippen LogP) is 4.94. The smallest absolute Gasteiger partial charge is 0.324 e. The van der Waals surface area contributed by atoms with E-state index in [-0.39, 0.29) is 25.8 Å². The molecule has 14 nitrogen and oxygen atoms in total. The normalized spacial score (nSPS) is 13.0. The Morgan fingerprint density at radius 2 is 1.35 bits per heavy atom. The van der Waals surface area contributed by atoms with Crippen molar-refractivity contribution in [1.82, 2.24) is 34.7 Å². The van der Waals surface area contributed by atoms with Crippen LogP contribution in [0, 0.1) is 0 Å². The van der Waals surface area contributed by atoms with E-state index in [0.717, 1.165) is 22.3 Å². The quantitative estimate of drug-likeness (QED) is 0.0627. The van der Waals surface area contributed by atoms with Crippen molar-refractivity contribution in [2.75, 3.05) is 18.7 Å². The molecule has 0 saturated heterocycles. The molecule has 0 amide bonds. The second-order valence-electron chi connectivity index (χ2n) is 12.8. The van der Waals surface area contributed by atoms with Crippen molar-refractivity contribution in [1.29, 1.82) is 0 Å². The van der Waals surface area contributed by atoms with Crippen LogP contribution in [0.15, 0.2) is 91.9 Å². The van der Waals surface area contributed by atoms with Crippen molar-refractivity contribution < 1.29 is 28.4 Å². The highest BCUT2D eigenvalue weighted by Gasteiger charge is 2.36. The van der Waals surface area contributed by atoms with Gasteiger partial charge in [-0.3, -0.25) is 14.2 Å². The minimum atomic E-state index is -3.92. The first-order valence-electron chi connectivity index (χ1n) is 17.1. The van der Waals surface area contributed by atoms with Gasteiger partial charge in [0.1, 0.15) is 42.6 Å². The van der Waals surface area contributed by atoms with Gasteiger partial charge < -0.3 is 24.5 Å². The fraction of sp³-hybridized carbons (Fsp3) is 0.351. The van der Waals surface area contributed by atoms with E-state index in [1.54, 1.807) is 40.1 Å². The lowest BCUT2D eigenvalue weighted by Gasteiger charge is -2.29. The number of fused-ring (bicyclic) bond motifs is 1. The van der Waals surface area contributed by atoms with Gasteiger partial charge in [0.15, 0.2) is 0 Å². The number of hydrogen-bond donors (Lipinski definition) is 3. The van der Waals surface area contributed by atoms with Crippen LogP contribution >= 0.6 is 7.44 Å². The number of rotatable bonds is 18. The molecule has 3 heterocycles. The molecule has 0 aliphatic rings. The molecule has 5 aromatic rings. The second-order valence-corrected chi connectivity index (χ2v) is 15.1. The van der Waals surface area contributed by atoms with Crippen molar-refractivity contribution >= 4 is 36.2 Å². The number of carbonyl (C=O) groups excluding carboxylic acids is 2. The zero-order valence-electron chi connectivity index (χ0n) is 29.7. The van der Waals surface area contributed by atoms with Gasteiger partial charge in [0.25, 0.3) is 0 Å². The highest BCUT2D eigenvalue weighted by atomic mass is 31.2. The summed E-state index contributed by atoms with van der Waals surface area (Å²) in [4.78, 5) is 43.8. The molecule has 0 bridgehead atoms. The van der Waals surface area contributed by atoms with Gasteiger partial charge in [-0.05, 0) is 51.7 Å². The number of anilines is 1. The molecule has 2 atom stereocenters. The fourth-order valence-corrected chi connectivity index (χ4v) is 7.65. The van der Waals surface area contributed by atoms with Crippen molar-refractivity contribution in [3.63, 3.8) is 0 Å². The van der Waals surface area contributed by atoms with Crippen molar-refractivity contribution in [3.8, 4) is 11.1 Å². The Morgan fingerprint density at radius 1 is 0.808 bits per heavy atom. The van der Waals surface area contributed by atoms with E-state index < -0.39 is 43.7 Å². The van der Waals surface area contributed by atoms with Crippen LogP contribution < -0.4 is 15.9 Å². The molecule has 0 unspecified atom stereocenters. The van der Waals surface area contributed by atoms with Crippen molar-refractivity contribution in [2.24, 2.45) is 0 Å². The topological polar surface area (TPSA) is 185 Å². The third kappa shape index (κ3) is 10.5. The highest BCUT2D eigenvalue weighted by molar-refractivity contribution is 7.59. The summed E-state index contributed by atoms with van der Waals surface area (Å²) in [5.74, 6) is -0.866. The van der Waals surface area contributed by atoms with Gasteiger partial charge in [0.05, 0.1) is 24.2 Å². The third-order valence-corrected chi connectivity index (χ3v) is 9.87. The van der Waals surface area contributed by atoms with Crippen molar-refractivity contribution in [3.05, 3.63) is 103 Å². The van der Waals surface area contributed by atoms with Gasteiger partial charge in [-0.1, -0.05) is 60.7 Å². The van der Waals surface area contributed by atoms with Crippen LogP contribution in [0.4, 0.5) is 5.82 Å². The molecule has 3 aromatic heterocycles. The molecule has 5 rings (SSSR count). The number of carbonyl (C=O) groups is 2. The number of benzene rings is 2. The summed E-state index contributed by atoms with van der Waals surface area (Å²) in [5, 5.41) is 6.74. The van der Waals surface area contributed by atoms with E-state index in [4.69, 9.17) is 19.9 Å².